The zero-order valence-corrected chi connectivity index (χ0v) is 11.6. The van der Waals surface area contributed by atoms with Gasteiger partial charge in [0.2, 0.25) is 0 Å². The molecular weight excluding hydrogens is 234 g/mol. The van der Waals surface area contributed by atoms with Gasteiger partial charge < -0.3 is 0 Å². The lowest BCUT2D eigenvalue weighted by atomic mass is 9.98. The molecule has 1 rings (SSSR count). The van der Waals surface area contributed by atoms with Crippen LogP contribution in [0.5, 0.6) is 0 Å². The van der Waals surface area contributed by atoms with Gasteiger partial charge in [-0.05, 0) is 19.9 Å². The number of hydrogen-bond donors (Lipinski definition) is 1. The number of aromatic nitrogens is 3. The minimum absolute atomic E-state index is 0.307. The Labute approximate surface area is 107 Å². The van der Waals surface area contributed by atoms with E-state index >= 15 is 0 Å². The standard InChI is InChI=1S/C11H19N5S/c1-5-14-11(3,7-12)6-9(2)17-10-13-8-15-16(10)4/h8-9,14H,5-6H2,1-4H3. The van der Waals surface area contributed by atoms with Crippen molar-refractivity contribution in [2.45, 2.75) is 43.1 Å². The summed E-state index contributed by atoms with van der Waals surface area (Å²) < 4.78 is 1.75. The maximum Gasteiger partial charge on any atom is 0.186 e. The maximum atomic E-state index is 9.19. The van der Waals surface area contributed by atoms with Gasteiger partial charge in [-0.2, -0.15) is 10.4 Å². The van der Waals surface area contributed by atoms with Crippen molar-refractivity contribution in [3.05, 3.63) is 6.33 Å². The molecule has 1 heterocycles. The minimum Gasteiger partial charge on any atom is -0.300 e. The average molecular weight is 253 g/mol. The second-order valence-electron chi connectivity index (χ2n) is 4.27. The molecule has 1 N–H and O–H groups in total. The molecule has 2 atom stereocenters. The molecule has 0 saturated carbocycles. The number of thioether (sulfide) groups is 1. The highest BCUT2D eigenvalue weighted by Gasteiger charge is 2.26. The second kappa shape index (κ2) is 6.03. The summed E-state index contributed by atoms with van der Waals surface area (Å²) in [7, 11) is 1.87. The van der Waals surface area contributed by atoms with Crippen LogP contribution in [-0.2, 0) is 7.05 Å². The summed E-state index contributed by atoms with van der Waals surface area (Å²) in [6.45, 7) is 6.85. The molecule has 1 aromatic heterocycles. The van der Waals surface area contributed by atoms with E-state index in [-0.39, 0.29) is 0 Å². The van der Waals surface area contributed by atoms with Crippen LogP contribution in [0.4, 0.5) is 0 Å². The lowest BCUT2D eigenvalue weighted by Crippen LogP contribution is -2.42. The smallest absolute Gasteiger partial charge is 0.186 e. The van der Waals surface area contributed by atoms with E-state index in [2.05, 4.69) is 28.4 Å². The zero-order valence-electron chi connectivity index (χ0n) is 10.8. The van der Waals surface area contributed by atoms with E-state index < -0.39 is 5.54 Å². The summed E-state index contributed by atoms with van der Waals surface area (Å²) in [5.41, 5.74) is -0.472. The molecule has 0 aliphatic carbocycles. The fourth-order valence-corrected chi connectivity index (χ4v) is 2.82. The van der Waals surface area contributed by atoms with Crippen LogP contribution in [0, 0.1) is 11.3 Å². The Bertz CT molecular complexity index is 397. The molecule has 0 aromatic carbocycles. The van der Waals surface area contributed by atoms with Gasteiger partial charge in [0, 0.05) is 12.3 Å². The normalized spacial score (nSPS) is 16.2. The summed E-state index contributed by atoms with van der Waals surface area (Å²) in [5, 5.41) is 17.6. The molecular formula is C11H19N5S. The van der Waals surface area contributed by atoms with Crippen molar-refractivity contribution < 1.29 is 0 Å². The van der Waals surface area contributed by atoms with Gasteiger partial charge in [-0.25, -0.2) is 9.67 Å². The van der Waals surface area contributed by atoms with Crippen molar-refractivity contribution in [1.29, 1.82) is 5.26 Å². The first-order valence-electron chi connectivity index (χ1n) is 5.67. The predicted molar refractivity (Wildman–Crippen MR) is 68.6 cm³/mol. The second-order valence-corrected chi connectivity index (χ2v) is 5.68. The van der Waals surface area contributed by atoms with E-state index in [1.165, 1.54) is 0 Å². The fourth-order valence-electron chi connectivity index (χ4n) is 1.74. The third-order valence-corrected chi connectivity index (χ3v) is 3.64. The highest BCUT2D eigenvalue weighted by molar-refractivity contribution is 7.99. The van der Waals surface area contributed by atoms with Gasteiger partial charge in [0.1, 0.15) is 11.9 Å². The van der Waals surface area contributed by atoms with E-state index in [1.54, 1.807) is 22.8 Å². The number of hydrogen-bond acceptors (Lipinski definition) is 5. The van der Waals surface area contributed by atoms with Crippen LogP contribution in [0.3, 0.4) is 0 Å². The van der Waals surface area contributed by atoms with Crippen molar-refractivity contribution in [2.75, 3.05) is 6.54 Å². The molecule has 2 unspecified atom stereocenters. The van der Waals surface area contributed by atoms with Crippen LogP contribution in [0.2, 0.25) is 0 Å². The maximum absolute atomic E-state index is 9.19. The summed E-state index contributed by atoms with van der Waals surface area (Å²) >= 11 is 1.64. The third kappa shape index (κ3) is 4.02. The van der Waals surface area contributed by atoms with Crippen LogP contribution in [0.1, 0.15) is 27.2 Å². The molecule has 1 aromatic rings. The van der Waals surface area contributed by atoms with Gasteiger partial charge in [0.05, 0.1) is 6.07 Å². The van der Waals surface area contributed by atoms with Gasteiger partial charge in [0.15, 0.2) is 5.16 Å². The number of rotatable bonds is 6. The van der Waals surface area contributed by atoms with Crippen LogP contribution in [-0.4, -0.2) is 32.1 Å². The van der Waals surface area contributed by atoms with Gasteiger partial charge in [0.25, 0.3) is 0 Å². The predicted octanol–water partition coefficient (Wildman–Crippen LogP) is 1.58. The summed E-state index contributed by atoms with van der Waals surface area (Å²) in [6.07, 6.45) is 2.32. The van der Waals surface area contributed by atoms with E-state index in [1.807, 2.05) is 20.9 Å². The first kappa shape index (κ1) is 14.0. The molecule has 0 radical (unpaired) electrons. The molecule has 0 aliphatic rings. The fraction of sp³-hybridized carbons (Fsp3) is 0.727. The van der Waals surface area contributed by atoms with E-state index in [0.717, 1.165) is 18.1 Å². The van der Waals surface area contributed by atoms with Crippen LogP contribution >= 0.6 is 11.8 Å². The molecule has 0 amide bonds. The summed E-state index contributed by atoms with van der Waals surface area (Å²) in [4.78, 5) is 4.17. The number of nitrogens with zero attached hydrogens (tertiary/aromatic N) is 4. The minimum atomic E-state index is -0.472. The highest BCUT2D eigenvalue weighted by Crippen LogP contribution is 2.26. The summed E-state index contributed by atoms with van der Waals surface area (Å²) in [5.74, 6) is 0. The van der Waals surface area contributed by atoms with E-state index in [0.29, 0.717) is 5.25 Å². The molecule has 0 fully saturated rings. The first-order chi connectivity index (χ1) is 8.00. The highest BCUT2D eigenvalue weighted by atomic mass is 32.2. The zero-order chi connectivity index (χ0) is 12.9. The quantitative estimate of drug-likeness (QED) is 0.780. The van der Waals surface area contributed by atoms with Crippen molar-refractivity contribution in [1.82, 2.24) is 20.1 Å². The van der Waals surface area contributed by atoms with Crippen molar-refractivity contribution in [2.24, 2.45) is 7.05 Å². The molecule has 0 saturated heterocycles. The van der Waals surface area contributed by atoms with Crippen molar-refractivity contribution >= 4 is 11.8 Å². The third-order valence-electron chi connectivity index (χ3n) is 2.49. The van der Waals surface area contributed by atoms with Crippen molar-refractivity contribution in [3.63, 3.8) is 0 Å². The van der Waals surface area contributed by atoms with Gasteiger partial charge in [-0.3, -0.25) is 5.32 Å². The summed E-state index contributed by atoms with van der Waals surface area (Å²) in [6, 6.07) is 2.34. The topological polar surface area (TPSA) is 66.5 Å². The Morgan fingerprint density at radius 1 is 1.71 bits per heavy atom. The lowest BCUT2D eigenvalue weighted by Gasteiger charge is -2.25. The Morgan fingerprint density at radius 2 is 2.41 bits per heavy atom. The molecule has 17 heavy (non-hydrogen) atoms. The largest absolute Gasteiger partial charge is 0.300 e. The molecule has 5 nitrogen and oxygen atoms in total. The molecule has 0 bridgehead atoms. The molecule has 0 spiro atoms. The van der Waals surface area contributed by atoms with Crippen LogP contribution in [0.15, 0.2) is 11.5 Å². The molecule has 6 heteroatoms. The molecule has 0 aliphatic heterocycles. The van der Waals surface area contributed by atoms with Crippen LogP contribution < -0.4 is 5.32 Å². The van der Waals surface area contributed by atoms with E-state index in [4.69, 9.17) is 0 Å². The Balaban J connectivity index is 2.57. The SMILES string of the molecule is CCNC(C)(C#N)CC(C)Sc1ncnn1C. The average Bonchev–Trinajstić information content (AvgIpc) is 2.64. The number of aryl methyl sites for hydroxylation is 1. The van der Waals surface area contributed by atoms with Crippen molar-refractivity contribution in [3.8, 4) is 6.07 Å². The molecule has 94 valence electrons. The monoisotopic (exact) mass is 253 g/mol. The van der Waals surface area contributed by atoms with Gasteiger partial charge >= 0.3 is 0 Å². The van der Waals surface area contributed by atoms with Gasteiger partial charge in [-0.1, -0.05) is 25.6 Å². The Hall–Kier alpha value is -1.06. The van der Waals surface area contributed by atoms with Gasteiger partial charge in [-0.15, -0.1) is 0 Å². The number of nitrogens with one attached hydrogen (secondary N) is 1. The number of nitriles is 1. The Morgan fingerprint density at radius 3 is 2.88 bits per heavy atom. The van der Waals surface area contributed by atoms with Crippen LogP contribution in [0.25, 0.3) is 0 Å². The first-order valence-corrected chi connectivity index (χ1v) is 6.55. The Kier molecular flexibility index (Phi) is 4.97. The lowest BCUT2D eigenvalue weighted by molar-refractivity contribution is 0.429. The van der Waals surface area contributed by atoms with E-state index in [9.17, 15) is 5.26 Å².